The van der Waals surface area contributed by atoms with Crippen LogP contribution in [0.4, 0.5) is 0 Å². The quantitative estimate of drug-likeness (QED) is 0.0563. The first-order valence-corrected chi connectivity index (χ1v) is 36.6. The molecule has 1 aliphatic rings. The molecule has 0 saturated carbocycles. The van der Waals surface area contributed by atoms with E-state index in [9.17, 15) is 0 Å². The summed E-state index contributed by atoms with van der Waals surface area (Å²) in [7, 11) is 0. The van der Waals surface area contributed by atoms with E-state index in [-0.39, 0.29) is 0 Å². The first-order valence-electron chi connectivity index (χ1n) is 36.6. The van der Waals surface area contributed by atoms with Crippen LogP contribution in [0.2, 0.25) is 0 Å². The van der Waals surface area contributed by atoms with Crippen LogP contribution in [0, 0.1) is 0 Å². The molecule has 0 spiro atoms. The average Bonchev–Trinajstić information content (AvgIpc) is 3.43. The fourth-order valence-corrected chi connectivity index (χ4v) is 12.6. The average molecular weight is 1070 g/mol. The van der Waals surface area contributed by atoms with Crippen molar-refractivity contribution in [2.45, 2.75) is 387 Å². The molecule has 1 rings (SSSR count). The molecule has 0 aromatic carbocycles. The Morgan fingerprint density at radius 3 is 0.329 bits per heavy atom. The summed E-state index contributed by atoms with van der Waals surface area (Å²) in [6, 6.07) is 0. The van der Waals surface area contributed by atoms with Crippen LogP contribution < -0.4 is 0 Å². The van der Waals surface area contributed by atoms with Crippen molar-refractivity contribution < 1.29 is 0 Å². The molecule has 0 unspecified atom stereocenters. The summed E-state index contributed by atoms with van der Waals surface area (Å²) >= 11 is 0. The maximum absolute atomic E-state index is 2.94. The van der Waals surface area contributed by atoms with Crippen molar-refractivity contribution in [1.82, 2.24) is 19.6 Å². The second-order valence-corrected chi connectivity index (χ2v) is 25.8. The van der Waals surface area contributed by atoms with E-state index in [4.69, 9.17) is 0 Å². The molecule has 1 aliphatic heterocycles. The van der Waals surface area contributed by atoms with Crippen LogP contribution in [0.15, 0.2) is 0 Å². The summed E-state index contributed by atoms with van der Waals surface area (Å²) in [4.78, 5) is 11.7. The van der Waals surface area contributed by atoms with Crippen LogP contribution >= 0.6 is 0 Å². The van der Waals surface area contributed by atoms with E-state index in [1.807, 2.05) is 0 Å². The molecule has 0 bridgehead atoms. The van der Waals surface area contributed by atoms with E-state index >= 15 is 0 Å². The minimum Gasteiger partial charge on any atom is -0.301 e. The third-order valence-corrected chi connectivity index (χ3v) is 18.2. The highest BCUT2D eigenvalue weighted by Gasteiger charge is 2.17. The topological polar surface area (TPSA) is 13.0 Å². The third kappa shape index (κ3) is 55.7. The lowest BCUT2D eigenvalue weighted by Crippen LogP contribution is -2.46. The van der Waals surface area contributed by atoms with Gasteiger partial charge in [-0.2, -0.15) is 0 Å². The molecule has 1 fully saturated rings. The van der Waals surface area contributed by atoms with Gasteiger partial charge in [0.25, 0.3) is 0 Å². The highest BCUT2D eigenvalue weighted by molar-refractivity contribution is 4.73. The fraction of sp³-hybridized carbons (Fsp3) is 1.00. The van der Waals surface area contributed by atoms with Crippen molar-refractivity contribution in [2.24, 2.45) is 0 Å². The summed E-state index contributed by atoms with van der Waals surface area (Å²) in [5.41, 5.74) is 0. The standard InChI is InChI=1S/C72H148N4/c1-5-9-13-17-21-25-29-33-37-41-45-49-53-57-61-73-65-67-74(62-58-54-50-46-42-38-34-30-26-22-18-14-10-6-2)69-71-76(64-60-56-52-48-44-40-36-32-28-24-20-16-12-8-4)72-70-75(68-66-73)63-59-55-51-47-43-39-35-31-27-23-19-15-11-7-3/h5-72H2,1-4H3. The van der Waals surface area contributed by atoms with Crippen molar-refractivity contribution in [3.63, 3.8) is 0 Å². The number of nitrogens with zero attached hydrogens (tertiary/aromatic N) is 4. The van der Waals surface area contributed by atoms with Crippen LogP contribution in [-0.2, 0) is 0 Å². The number of rotatable bonds is 60. The highest BCUT2D eigenvalue weighted by atomic mass is 15.3. The Kier molecular flexibility index (Phi) is 62.2. The van der Waals surface area contributed by atoms with Gasteiger partial charge in [-0.15, -0.1) is 0 Å². The molecule has 0 N–H and O–H groups in total. The van der Waals surface area contributed by atoms with Crippen molar-refractivity contribution in [3.05, 3.63) is 0 Å². The van der Waals surface area contributed by atoms with Gasteiger partial charge in [-0.25, -0.2) is 0 Å². The molecule has 0 aromatic rings. The SMILES string of the molecule is CCCCCCCCCCCCCCCCN1CCN(CCCCCCCCCCCCCCCC)CCN(CCCCCCCCCCCCCCCC)CCN(CCCCCCCCCCCCCCCC)CC1. The van der Waals surface area contributed by atoms with Gasteiger partial charge in [0.1, 0.15) is 0 Å². The lowest BCUT2D eigenvalue weighted by molar-refractivity contribution is 0.129. The molecule has 76 heavy (non-hydrogen) atoms. The molecule has 0 radical (unpaired) electrons. The van der Waals surface area contributed by atoms with Gasteiger partial charge in [-0.1, -0.05) is 362 Å². The normalized spacial score (nSPS) is 15.0. The molecular formula is C72H148N4. The van der Waals surface area contributed by atoms with Gasteiger partial charge in [0.2, 0.25) is 0 Å². The Balaban J connectivity index is 2.73. The smallest absolute Gasteiger partial charge is 0.0110 e. The summed E-state index contributed by atoms with van der Waals surface area (Å²) < 4.78 is 0. The van der Waals surface area contributed by atoms with Gasteiger partial charge < -0.3 is 19.6 Å². The van der Waals surface area contributed by atoms with Gasteiger partial charge in [0, 0.05) is 52.4 Å². The molecule has 4 nitrogen and oxygen atoms in total. The Hall–Kier alpha value is -0.160. The zero-order chi connectivity index (χ0) is 54.4. The van der Waals surface area contributed by atoms with E-state index in [1.165, 1.54) is 438 Å². The first kappa shape index (κ1) is 73.9. The predicted molar refractivity (Wildman–Crippen MR) is 347 cm³/mol. The Morgan fingerprint density at radius 2 is 0.224 bits per heavy atom. The molecule has 4 heteroatoms. The van der Waals surface area contributed by atoms with Crippen LogP contribution in [0.3, 0.4) is 0 Å². The molecule has 0 aliphatic carbocycles. The van der Waals surface area contributed by atoms with Crippen LogP contribution in [-0.4, -0.2) is 98.1 Å². The minimum absolute atomic E-state index is 1.28. The van der Waals surface area contributed by atoms with Crippen LogP contribution in [0.1, 0.15) is 387 Å². The zero-order valence-electron chi connectivity index (χ0n) is 53.9. The Morgan fingerprint density at radius 1 is 0.132 bits per heavy atom. The highest BCUT2D eigenvalue weighted by Crippen LogP contribution is 2.18. The van der Waals surface area contributed by atoms with Crippen LogP contribution in [0.5, 0.6) is 0 Å². The molecule has 1 saturated heterocycles. The third-order valence-electron chi connectivity index (χ3n) is 18.2. The van der Waals surface area contributed by atoms with E-state index in [0.29, 0.717) is 0 Å². The summed E-state index contributed by atoms with van der Waals surface area (Å²) in [6.45, 7) is 24.9. The number of unbranched alkanes of at least 4 members (excludes halogenated alkanes) is 52. The van der Waals surface area contributed by atoms with Crippen molar-refractivity contribution in [3.8, 4) is 0 Å². The van der Waals surface area contributed by atoms with Crippen LogP contribution in [0.25, 0.3) is 0 Å². The monoisotopic (exact) mass is 1070 g/mol. The van der Waals surface area contributed by atoms with Gasteiger partial charge in [-0.3, -0.25) is 0 Å². The summed E-state index contributed by atoms with van der Waals surface area (Å²) in [5.74, 6) is 0. The zero-order valence-corrected chi connectivity index (χ0v) is 53.9. The predicted octanol–water partition coefficient (Wildman–Crippen LogP) is 23.1. The molecule has 0 atom stereocenters. The molecule has 1 heterocycles. The number of hydrogen-bond donors (Lipinski definition) is 0. The van der Waals surface area contributed by atoms with E-state index in [1.54, 1.807) is 0 Å². The Bertz CT molecular complexity index is 858. The van der Waals surface area contributed by atoms with Crippen molar-refractivity contribution >= 4 is 0 Å². The summed E-state index contributed by atoms with van der Waals surface area (Å²) in [6.07, 6.45) is 81.4. The second kappa shape index (κ2) is 64.0. The fourth-order valence-electron chi connectivity index (χ4n) is 12.6. The van der Waals surface area contributed by atoms with E-state index < -0.39 is 0 Å². The lowest BCUT2D eigenvalue weighted by Gasteiger charge is -2.34. The van der Waals surface area contributed by atoms with Gasteiger partial charge >= 0.3 is 0 Å². The largest absolute Gasteiger partial charge is 0.301 e. The molecular weight excluding hydrogens is 921 g/mol. The van der Waals surface area contributed by atoms with E-state index in [0.717, 1.165) is 0 Å². The van der Waals surface area contributed by atoms with Gasteiger partial charge in [0.15, 0.2) is 0 Å². The molecule has 0 amide bonds. The van der Waals surface area contributed by atoms with Crippen molar-refractivity contribution in [2.75, 3.05) is 78.5 Å². The van der Waals surface area contributed by atoms with Gasteiger partial charge in [0.05, 0.1) is 0 Å². The minimum atomic E-state index is 1.28. The Labute approximate surface area is 483 Å². The van der Waals surface area contributed by atoms with E-state index in [2.05, 4.69) is 47.3 Å². The number of hydrogen-bond acceptors (Lipinski definition) is 4. The molecule has 456 valence electrons. The summed E-state index contributed by atoms with van der Waals surface area (Å²) in [5, 5.41) is 0. The van der Waals surface area contributed by atoms with Gasteiger partial charge in [-0.05, 0) is 51.9 Å². The maximum atomic E-state index is 2.94. The van der Waals surface area contributed by atoms with Crippen molar-refractivity contribution in [1.29, 1.82) is 0 Å². The second-order valence-electron chi connectivity index (χ2n) is 25.8. The molecule has 0 aromatic heterocycles. The lowest BCUT2D eigenvalue weighted by atomic mass is 10.0. The first-order chi connectivity index (χ1) is 37.7. The maximum Gasteiger partial charge on any atom is 0.0110 e.